The van der Waals surface area contributed by atoms with Gasteiger partial charge >= 0.3 is 5.97 Å². The fourth-order valence-corrected chi connectivity index (χ4v) is 1.44. The predicted molar refractivity (Wildman–Crippen MR) is 69.3 cm³/mol. The van der Waals surface area contributed by atoms with Crippen molar-refractivity contribution in [3.63, 3.8) is 0 Å². The number of carbonyl (C=O) groups excluding carboxylic acids is 2. The predicted octanol–water partition coefficient (Wildman–Crippen LogP) is 1.68. The van der Waals surface area contributed by atoms with Gasteiger partial charge in [-0.25, -0.2) is 9.18 Å². The van der Waals surface area contributed by atoms with E-state index in [1.54, 1.807) is 6.92 Å². The molecule has 1 rings (SSSR count). The maximum absolute atomic E-state index is 13.5. The van der Waals surface area contributed by atoms with E-state index in [1.165, 1.54) is 19.2 Å². The van der Waals surface area contributed by atoms with Gasteiger partial charge in [-0.1, -0.05) is 0 Å². The number of amides is 1. The number of hydrogen-bond donors (Lipinski definition) is 2. The van der Waals surface area contributed by atoms with Crippen LogP contribution in [0.15, 0.2) is 18.2 Å². The maximum Gasteiger partial charge on any atom is 0.337 e. The van der Waals surface area contributed by atoms with Gasteiger partial charge < -0.3 is 15.8 Å². The SMILES string of the molecule is COC(=O)c1ccc(F)c(NC(=O)CCC(C)N)c1. The Bertz CT molecular complexity index is 475. The summed E-state index contributed by atoms with van der Waals surface area (Å²) in [6, 6.07) is 3.54. The van der Waals surface area contributed by atoms with E-state index in [0.717, 1.165) is 6.07 Å². The molecule has 0 saturated carbocycles. The van der Waals surface area contributed by atoms with Crippen LogP contribution in [0.4, 0.5) is 10.1 Å². The lowest BCUT2D eigenvalue weighted by Crippen LogP contribution is -2.20. The molecule has 0 bridgehead atoms. The number of rotatable bonds is 5. The second-order valence-electron chi connectivity index (χ2n) is 4.25. The zero-order valence-corrected chi connectivity index (χ0v) is 10.9. The van der Waals surface area contributed by atoms with Crippen LogP contribution < -0.4 is 11.1 Å². The fraction of sp³-hybridized carbons (Fsp3) is 0.385. The third-order valence-electron chi connectivity index (χ3n) is 2.49. The molecule has 1 atom stereocenters. The van der Waals surface area contributed by atoms with Crippen molar-refractivity contribution in [1.29, 1.82) is 0 Å². The first-order valence-corrected chi connectivity index (χ1v) is 5.87. The second-order valence-corrected chi connectivity index (χ2v) is 4.25. The Kier molecular flexibility index (Phi) is 5.44. The maximum atomic E-state index is 13.5. The van der Waals surface area contributed by atoms with E-state index in [1.807, 2.05) is 0 Å². The molecule has 19 heavy (non-hydrogen) atoms. The van der Waals surface area contributed by atoms with Gasteiger partial charge in [0.15, 0.2) is 0 Å². The van der Waals surface area contributed by atoms with Gasteiger partial charge in [-0.2, -0.15) is 0 Å². The first kappa shape index (κ1) is 15.1. The lowest BCUT2D eigenvalue weighted by atomic mass is 10.1. The topological polar surface area (TPSA) is 81.4 Å². The molecule has 0 spiro atoms. The van der Waals surface area contributed by atoms with Crippen molar-refractivity contribution in [3.8, 4) is 0 Å². The van der Waals surface area contributed by atoms with Crippen LogP contribution in [0.25, 0.3) is 0 Å². The zero-order chi connectivity index (χ0) is 14.4. The van der Waals surface area contributed by atoms with Crippen LogP contribution in [0, 0.1) is 5.82 Å². The van der Waals surface area contributed by atoms with Crippen molar-refractivity contribution in [2.24, 2.45) is 5.73 Å². The third kappa shape index (κ3) is 4.67. The molecule has 6 heteroatoms. The van der Waals surface area contributed by atoms with Crippen molar-refractivity contribution in [2.45, 2.75) is 25.8 Å². The normalized spacial score (nSPS) is 11.8. The minimum Gasteiger partial charge on any atom is -0.465 e. The van der Waals surface area contributed by atoms with Crippen molar-refractivity contribution in [1.82, 2.24) is 0 Å². The average Bonchev–Trinajstić information content (AvgIpc) is 2.38. The Morgan fingerprint density at radius 1 is 1.47 bits per heavy atom. The molecular formula is C13H17FN2O3. The van der Waals surface area contributed by atoms with Gasteiger partial charge in [0.2, 0.25) is 5.91 Å². The molecule has 0 radical (unpaired) electrons. The Balaban J connectivity index is 2.77. The molecule has 0 fully saturated rings. The van der Waals surface area contributed by atoms with Crippen molar-refractivity contribution < 1.29 is 18.7 Å². The number of esters is 1. The Morgan fingerprint density at radius 3 is 2.74 bits per heavy atom. The fourth-order valence-electron chi connectivity index (χ4n) is 1.44. The van der Waals surface area contributed by atoms with Gasteiger partial charge in [0.1, 0.15) is 5.82 Å². The number of halogens is 1. The number of ether oxygens (including phenoxy) is 1. The number of hydrogen-bond acceptors (Lipinski definition) is 4. The number of nitrogens with two attached hydrogens (primary N) is 1. The lowest BCUT2D eigenvalue weighted by Gasteiger charge is -2.09. The monoisotopic (exact) mass is 268 g/mol. The Morgan fingerprint density at radius 2 is 2.16 bits per heavy atom. The summed E-state index contributed by atoms with van der Waals surface area (Å²) in [5, 5.41) is 2.41. The molecule has 5 nitrogen and oxygen atoms in total. The molecule has 0 aliphatic rings. The van der Waals surface area contributed by atoms with Gasteiger partial charge in [-0.15, -0.1) is 0 Å². The van der Waals surface area contributed by atoms with Gasteiger partial charge in [0.25, 0.3) is 0 Å². The highest BCUT2D eigenvalue weighted by Crippen LogP contribution is 2.17. The van der Waals surface area contributed by atoms with E-state index in [0.29, 0.717) is 6.42 Å². The van der Waals surface area contributed by atoms with Crippen LogP contribution in [0.3, 0.4) is 0 Å². The number of methoxy groups -OCH3 is 1. The van der Waals surface area contributed by atoms with E-state index >= 15 is 0 Å². The summed E-state index contributed by atoms with van der Waals surface area (Å²) in [6.45, 7) is 1.78. The first-order chi connectivity index (χ1) is 8.93. The molecule has 104 valence electrons. The summed E-state index contributed by atoms with van der Waals surface area (Å²) >= 11 is 0. The number of anilines is 1. The third-order valence-corrected chi connectivity index (χ3v) is 2.49. The van der Waals surface area contributed by atoms with E-state index in [2.05, 4.69) is 10.1 Å². The molecule has 1 amide bonds. The number of benzene rings is 1. The minimum atomic E-state index is -0.609. The van der Waals surface area contributed by atoms with E-state index in [9.17, 15) is 14.0 Å². The molecule has 0 aliphatic heterocycles. The zero-order valence-electron chi connectivity index (χ0n) is 10.9. The Hall–Kier alpha value is -1.95. The van der Waals surface area contributed by atoms with Crippen molar-refractivity contribution in [3.05, 3.63) is 29.6 Å². The van der Waals surface area contributed by atoms with Crippen LogP contribution in [0.1, 0.15) is 30.1 Å². The van der Waals surface area contributed by atoms with Gasteiger partial charge in [0.05, 0.1) is 18.4 Å². The average molecular weight is 268 g/mol. The van der Waals surface area contributed by atoms with Crippen LogP contribution in [0.5, 0.6) is 0 Å². The molecule has 1 unspecified atom stereocenters. The van der Waals surface area contributed by atoms with Gasteiger partial charge in [-0.05, 0) is 31.5 Å². The Labute approximate surface area is 110 Å². The molecule has 3 N–H and O–H groups in total. The highest BCUT2D eigenvalue weighted by molar-refractivity contribution is 5.94. The van der Waals surface area contributed by atoms with Gasteiger partial charge in [-0.3, -0.25) is 4.79 Å². The summed E-state index contributed by atoms with van der Waals surface area (Å²) in [6.07, 6.45) is 0.698. The molecule has 0 heterocycles. The molecule has 0 saturated heterocycles. The summed E-state index contributed by atoms with van der Waals surface area (Å²) in [5.74, 6) is -1.55. The van der Waals surface area contributed by atoms with E-state index < -0.39 is 11.8 Å². The first-order valence-electron chi connectivity index (χ1n) is 5.87. The van der Waals surface area contributed by atoms with E-state index in [-0.39, 0.29) is 29.6 Å². The van der Waals surface area contributed by atoms with E-state index in [4.69, 9.17) is 5.73 Å². The molecule has 1 aromatic carbocycles. The molecule has 0 aliphatic carbocycles. The van der Waals surface area contributed by atoms with Crippen molar-refractivity contribution in [2.75, 3.05) is 12.4 Å². The smallest absolute Gasteiger partial charge is 0.337 e. The number of nitrogens with one attached hydrogen (secondary N) is 1. The summed E-state index contributed by atoms with van der Waals surface area (Å²) in [5.41, 5.74) is 5.66. The largest absolute Gasteiger partial charge is 0.465 e. The van der Waals surface area contributed by atoms with Gasteiger partial charge in [0, 0.05) is 12.5 Å². The molecular weight excluding hydrogens is 251 g/mol. The summed E-state index contributed by atoms with van der Waals surface area (Å²) < 4.78 is 18.0. The quantitative estimate of drug-likeness (QED) is 0.796. The summed E-state index contributed by atoms with van der Waals surface area (Å²) in [4.78, 5) is 22.9. The van der Waals surface area contributed by atoms with Crippen LogP contribution in [-0.2, 0) is 9.53 Å². The van der Waals surface area contributed by atoms with Crippen LogP contribution >= 0.6 is 0 Å². The van der Waals surface area contributed by atoms with Crippen LogP contribution in [-0.4, -0.2) is 25.0 Å². The highest BCUT2D eigenvalue weighted by atomic mass is 19.1. The molecule has 1 aromatic rings. The number of carbonyl (C=O) groups is 2. The lowest BCUT2D eigenvalue weighted by molar-refractivity contribution is -0.116. The van der Waals surface area contributed by atoms with Crippen molar-refractivity contribution >= 4 is 17.6 Å². The molecule has 0 aromatic heterocycles. The summed E-state index contributed by atoms with van der Waals surface area (Å²) in [7, 11) is 1.23. The minimum absolute atomic E-state index is 0.0439. The standard InChI is InChI=1S/C13H17FN2O3/c1-8(15)3-6-12(17)16-11-7-9(13(18)19-2)4-5-10(11)14/h4-5,7-8H,3,6,15H2,1-2H3,(H,16,17). The second kappa shape index (κ2) is 6.84. The highest BCUT2D eigenvalue weighted by Gasteiger charge is 2.12. The van der Waals surface area contributed by atoms with Crippen LogP contribution in [0.2, 0.25) is 0 Å².